The Hall–Kier alpha value is -1.59. The van der Waals surface area contributed by atoms with E-state index in [2.05, 4.69) is 10.6 Å². The number of para-hydroxylation sites is 1. The zero-order chi connectivity index (χ0) is 14.5. The molecule has 0 aliphatic rings. The van der Waals surface area contributed by atoms with E-state index in [9.17, 15) is 4.79 Å². The molecule has 0 radical (unpaired) electrons. The molecule has 5 nitrogen and oxygen atoms in total. The van der Waals surface area contributed by atoms with Gasteiger partial charge >= 0.3 is 0 Å². The second-order valence-electron chi connectivity index (χ2n) is 4.62. The van der Waals surface area contributed by atoms with Gasteiger partial charge in [-0.3, -0.25) is 4.79 Å². The first-order valence-electron chi connectivity index (χ1n) is 7.16. The zero-order valence-corrected chi connectivity index (χ0v) is 11.9. The number of carbonyl (C=O) groups excluding carboxylic acids is 1. The molecule has 112 valence electrons. The predicted molar refractivity (Wildman–Crippen MR) is 80.7 cm³/mol. The number of hydrogen-bond acceptors (Lipinski definition) is 4. The van der Waals surface area contributed by atoms with Gasteiger partial charge < -0.3 is 21.1 Å². The van der Waals surface area contributed by atoms with Crippen LogP contribution in [0.5, 0.6) is 5.75 Å². The number of carbonyl (C=O) groups is 1. The minimum atomic E-state index is -0.316. The highest BCUT2D eigenvalue weighted by Crippen LogP contribution is 2.08. The number of hydrogen-bond donors (Lipinski definition) is 3. The molecule has 1 aromatic carbocycles. The summed E-state index contributed by atoms with van der Waals surface area (Å²) in [4.78, 5) is 10.5. The van der Waals surface area contributed by atoms with Crippen molar-refractivity contribution >= 4 is 5.91 Å². The fourth-order valence-corrected chi connectivity index (χ4v) is 1.75. The van der Waals surface area contributed by atoms with E-state index in [0.29, 0.717) is 0 Å². The van der Waals surface area contributed by atoms with Gasteiger partial charge in [0.25, 0.3) is 0 Å². The Morgan fingerprint density at radius 3 is 2.50 bits per heavy atom. The summed E-state index contributed by atoms with van der Waals surface area (Å²) < 4.78 is 5.61. The molecule has 0 bridgehead atoms. The summed E-state index contributed by atoms with van der Waals surface area (Å²) in [5.74, 6) is 0.620. The third-order valence-electron chi connectivity index (χ3n) is 2.79. The van der Waals surface area contributed by atoms with Crippen molar-refractivity contribution in [1.82, 2.24) is 10.6 Å². The number of ether oxygens (including phenoxy) is 1. The van der Waals surface area contributed by atoms with Crippen LogP contribution in [0.3, 0.4) is 0 Å². The van der Waals surface area contributed by atoms with Crippen LogP contribution in [0.25, 0.3) is 0 Å². The molecule has 0 saturated heterocycles. The number of amides is 1. The second-order valence-corrected chi connectivity index (χ2v) is 4.62. The Labute approximate surface area is 120 Å². The van der Waals surface area contributed by atoms with Gasteiger partial charge in [0.1, 0.15) is 5.75 Å². The molecule has 5 heteroatoms. The van der Waals surface area contributed by atoms with Gasteiger partial charge in [-0.1, -0.05) is 18.2 Å². The van der Waals surface area contributed by atoms with Crippen LogP contribution in [0.4, 0.5) is 0 Å². The molecule has 1 amide bonds. The van der Waals surface area contributed by atoms with Crippen LogP contribution in [-0.2, 0) is 4.79 Å². The lowest BCUT2D eigenvalue weighted by molar-refractivity contribution is -0.117. The summed E-state index contributed by atoms with van der Waals surface area (Å²) in [7, 11) is 0. The van der Waals surface area contributed by atoms with E-state index in [0.717, 1.165) is 51.3 Å². The first-order valence-corrected chi connectivity index (χ1v) is 7.16. The van der Waals surface area contributed by atoms with Crippen LogP contribution < -0.4 is 21.1 Å². The lowest BCUT2D eigenvalue weighted by atomic mass is 10.2. The van der Waals surface area contributed by atoms with Gasteiger partial charge in [0, 0.05) is 13.1 Å². The number of nitrogens with one attached hydrogen (secondary N) is 2. The third-order valence-corrected chi connectivity index (χ3v) is 2.79. The molecular weight excluding hydrogens is 254 g/mol. The van der Waals surface area contributed by atoms with E-state index < -0.39 is 0 Å². The molecule has 0 spiro atoms. The molecule has 0 heterocycles. The summed E-state index contributed by atoms with van der Waals surface area (Å²) in [6, 6.07) is 9.88. The van der Waals surface area contributed by atoms with Crippen LogP contribution in [0, 0.1) is 0 Å². The Morgan fingerprint density at radius 1 is 1.00 bits per heavy atom. The van der Waals surface area contributed by atoms with Crippen molar-refractivity contribution in [1.29, 1.82) is 0 Å². The Morgan fingerprint density at radius 2 is 1.75 bits per heavy atom. The monoisotopic (exact) mass is 279 g/mol. The SMILES string of the molecule is NC(=O)CNCCNCCCCCOc1ccccc1. The van der Waals surface area contributed by atoms with Gasteiger partial charge in [-0.05, 0) is 37.9 Å². The fraction of sp³-hybridized carbons (Fsp3) is 0.533. The molecule has 4 N–H and O–H groups in total. The minimum Gasteiger partial charge on any atom is -0.494 e. The Kier molecular flexibility index (Phi) is 9.26. The standard InChI is InChI=1S/C15H25N3O2/c16-15(19)13-18-11-10-17-9-5-2-6-12-20-14-7-3-1-4-8-14/h1,3-4,7-8,17-18H,2,5-6,9-13H2,(H2,16,19). The fourth-order valence-electron chi connectivity index (χ4n) is 1.75. The van der Waals surface area contributed by atoms with E-state index in [4.69, 9.17) is 10.5 Å². The topological polar surface area (TPSA) is 76.4 Å². The molecule has 0 atom stereocenters. The van der Waals surface area contributed by atoms with Crippen LogP contribution in [0.1, 0.15) is 19.3 Å². The van der Waals surface area contributed by atoms with Gasteiger partial charge in [-0.2, -0.15) is 0 Å². The Bertz CT molecular complexity index is 357. The number of benzene rings is 1. The van der Waals surface area contributed by atoms with Crippen molar-refractivity contribution in [2.24, 2.45) is 5.73 Å². The molecule has 0 saturated carbocycles. The molecule has 0 aliphatic heterocycles. The van der Waals surface area contributed by atoms with E-state index in [-0.39, 0.29) is 12.5 Å². The van der Waals surface area contributed by atoms with Crippen molar-refractivity contribution in [3.63, 3.8) is 0 Å². The summed E-state index contributed by atoms with van der Waals surface area (Å²) in [6.07, 6.45) is 3.35. The maximum absolute atomic E-state index is 10.5. The quantitative estimate of drug-likeness (QED) is 0.497. The van der Waals surface area contributed by atoms with Crippen molar-refractivity contribution in [2.45, 2.75) is 19.3 Å². The first-order chi connectivity index (χ1) is 9.79. The number of unbranched alkanes of at least 4 members (excludes halogenated alkanes) is 2. The molecule has 1 aromatic rings. The van der Waals surface area contributed by atoms with Gasteiger partial charge in [0.2, 0.25) is 5.91 Å². The van der Waals surface area contributed by atoms with Crippen LogP contribution in [0.15, 0.2) is 30.3 Å². The lowest BCUT2D eigenvalue weighted by Gasteiger charge is -2.07. The van der Waals surface area contributed by atoms with E-state index in [1.54, 1.807) is 0 Å². The first kappa shape index (κ1) is 16.5. The second kappa shape index (κ2) is 11.3. The van der Waals surface area contributed by atoms with Crippen LogP contribution in [0.2, 0.25) is 0 Å². The maximum Gasteiger partial charge on any atom is 0.231 e. The Balaban J connectivity index is 1.80. The largest absolute Gasteiger partial charge is 0.494 e. The minimum absolute atomic E-state index is 0.249. The normalized spacial score (nSPS) is 10.4. The average Bonchev–Trinajstić information content (AvgIpc) is 2.45. The molecule has 20 heavy (non-hydrogen) atoms. The third kappa shape index (κ3) is 9.35. The molecule has 0 fully saturated rings. The molecule has 0 aromatic heterocycles. The highest BCUT2D eigenvalue weighted by Gasteiger charge is 1.94. The predicted octanol–water partition coefficient (Wildman–Crippen LogP) is 0.900. The van der Waals surface area contributed by atoms with Crippen molar-refractivity contribution in [3.8, 4) is 5.75 Å². The zero-order valence-electron chi connectivity index (χ0n) is 11.9. The van der Waals surface area contributed by atoms with Gasteiger partial charge in [-0.25, -0.2) is 0 Å². The van der Waals surface area contributed by atoms with Gasteiger partial charge in [0.05, 0.1) is 13.2 Å². The molecular formula is C15H25N3O2. The molecule has 0 unspecified atom stereocenters. The van der Waals surface area contributed by atoms with Gasteiger partial charge in [0.15, 0.2) is 0 Å². The van der Waals surface area contributed by atoms with Crippen molar-refractivity contribution in [3.05, 3.63) is 30.3 Å². The summed E-state index contributed by atoms with van der Waals surface area (Å²) in [6.45, 7) is 3.63. The lowest BCUT2D eigenvalue weighted by Crippen LogP contribution is -2.34. The number of primary amides is 1. The summed E-state index contributed by atoms with van der Waals surface area (Å²) in [5.41, 5.74) is 5.01. The van der Waals surface area contributed by atoms with Crippen LogP contribution in [-0.4, -0.2) is 38.7 Å². The maximum atomic E-state index is 10.5. The summed E-state index contributed by atoms with van der Waals surface area (Å²) >= 11 is 0. The number of rotatable bonds is 12. The summed E-state index contributed by atoms with van der Waals surface area (Å²) in [5, 5.41) is 6.27. The van der Waals surface area contributed by atoms with Crippen molar-refractivity contribution < 1.29 is 9.53 Å². The average molecular weight is 279 g/mol. The highest BCUT2D eigenvalue weighted by atomic mass is 16.5. The van der Waals surface area contributed by atoms with E-state index in [1.165, 1.54) is 0 Å². The molecule has 1 rings (SSSR count). The molecule has 0 aliphatic carbocycles. The highest BCUT2D eigenvalue weighted by molar-refractivity contribution is 5.75. The number of nitrogens with two attached hydrogens (primary N) is 1. The smallest absolute Gasteiger partial charge is 0.231 e. The van der Waals surface area contributed by atoms with E-state index >= 15 is 0 Å². The van der Waals surface area contributed by atoms with E-state index in [1.807, 2.05) is 30.3 Å². The van der Waals surface area contributed by atoms with Crippen LogP contribution >= 0.6 is 0 Å². The van der Waals surface area contributed by atoms with Gasteiger partial charge in [-0.15, -0.1) is 0 Å². The van der Waals surface area contributed by atoms with Crippen molar-refractivity contribution in [2.75, 3.05) is 32.8 Å².